The van der Waals surface area contributed by atoms with Crippen molar-refractivity contribution in [2.24, 2.45) is 0 Å². The van der Waals surface area contributed by atoms with Gasteiger partial charge in [-0.25, -0.2) is 4.98 Å². The molecule has 1 aliphatic rings. The minimum absolute atomic E-state index is 0.424. The molecule has 3 aromatic rings. The highest BCUT2D eigenvalue weighted by atomic mass is 35.5. The Kier molecular flexibility index (Phi) is 5.98. The maximum Gasteiger partial charge on any atom is 0.225 e. The van der Waals surface area contributed by atoms with E-state index in [9.17, 15) is 0 Å². The van der Waals surface area contributed by atoms with Gasteiger partial charge in [0.2, 0.25) is 5.95 Å². The number of halogens is 2. The largest absolute Gasteiger partial charge is 0.351 e. The lowest BCUT2D eigenvalue weighted by Gasteiger charge is -2.23. The lowest BCUT2D eigenvalue weighted by atomic mass is 9.96. The molecular formula is C22H22Cl2N4. The van der Waals surface area contributed by atoms with E-state index in [4.69, 9.17) is 28.2 Å². The summed E-state index contributed by atoms with van der Waals surface area (Å²) < 4.78 is 0. The third-order valence-electron chi connectivity index (χ3n) is 4.87. The lowest BCUT2D eigenvalue weighted by molar-refractivity contribution is 0.461. The monoisotopic (exact) mass is 412 g/mol. The average Bonchev–Trinajstić information content (AvgIpc) is 2.68. The number of hydrogen-bond donors (Lipinski definition) is 2. The molecule has 0 amide bonds. The normalized spacial score (nSPS) is 14.6. The van der Waals surface area contributed by atoms with Crippen LogP contribution in [0.5, 0.6) is 0 Å². The second-order valence-electron chi connectivity index (χ2n) is 7.09. The molecule has 0 unspecified atom stereocenters. The first-order valence-corrected chi connectivity index (χ1v) is 10.4. The van der Waals surface area contributed by atoms with Crippen LogP contribution in [0.2, 0.25) is 10.0 Å². The topological polar surface area (TPSA) is 49.8 Å². The smallest absolute Gasteiger partial charge is 0.225 e. The SMILES string of the molecule is Clc1cc(Cl)cc(Nc2cc(-c3ccccc3)nc(NC3CCCCC3)n2)c1. The predicted octanol–water partition coefficient (Wildman–Crippen LogP) is 6.94. The maximum atomic E-state index is 6.13. The van der Waals surface area contributed by atoms with E-state index in [1.54, 1.807) is 6.07 Å². The van der Waals surface area contributed by atoms with Gasteiger partial charge in [0, 0.05) is 33.4 Å². The zero-order chi connectivity index (χ0) is 19.3. The van der Waals surface area contributed by atoms with Gasteiger partial charge in [-0.2, -0.15) is 4.98 Å². The molecule has 144 valence electrons. The van der Waals surface area contributed by atoms with Gasteiger partial charge in [-0.1, -0.05) is 72.8 Å². The second kappa shape index (κ2) is 8.80. The van der Waals surface area contributed by atoms with Gasteiger partial charge in [0.25, 0.3) is 0 Å². The Labute approximate surface area is 175 Å². The van der Waals surface area contributed by atoms with Crippen molar-refractivity contribution in [1.29, 1.82) is 0 Å². The molecule has 0 saturated heterocycles. The molecule has 1 aliphatic carbocycles. The summed E-state index contributed by atoms with van der Waals surface area (Å²) in [7, 11) is 0. The molecule has 6 heteroatoms. The van der Waals surface area contributed by atoms with Crippen LogP contribution in [0.15, 0.2) is 54.6 Å². The highest BCUT2D eigenvalue weighted by Gasteiger charge is 2.15. The zero-order valence-electron chi connectivity index (χ0n) is 15.5. The molecule has 4 rings (SSSR count). The van der Waals surface area contributed by atoms with Crippen LogP contribution in [0, 0.1) is 0 Å². The van der Waals surface area contributed by atoms with Gasteiger partial charge < -0.3 is 10.6 Å². The van der Waals surface area contributed by atoms with Crippen molar-refractivity contribution in [3.05, 3.63) is 64.6 Å². The number of nitrogens with zero attached hydrogens (tertiary/aromatic N) is 2. The van der Waals surface area contributed by atoms with Crippen molar-refractivity contribution >= 4 is 40.7 Å². The van der Waals surface area contributed by atoms with Gasteiger partial charge in [0.05, 0.1) is 5.69 Å². The fourth-order valence-electron chi connectivity index (χ4n) is 3.54. The standard InChI is InChI=1S/C22H22Cl2N4/c23-16-11-17(24)13-19(12-16)25-21-14-20(15-7-3-1-4-8-15)27-22(28-21)26-18-9-5-2-6-10-18/h1,3-4,7-8,11-14,18H,2,5-6,9-10H2,(H2,25,26,27,28). The Morgan fingerprint density at radius 2 is 1.54 bits per heavy atom. The van der Waals surface area contributed by atoms with Crippen LogP contribution in [0.25, 0.3) is 11.3 Å². The van der Waals surface area contributed by atoms with Crippen LogP contribution < -0.4 is 10.6 Å². The Hall–Kier alpha value is -2.30. The van der Waals surface area contributed by atoms with E-state index >= 15 is 0 Å². The van der Waals surface area contributed by atoms with Crippen molar-refractivity contribution in [1.82, 2.24) is 9.97 Å². The predicted molar refractivity (Wildman–Crippen MR) is 118 cm³/mol. The molecule has 4 nitrogen and oxygen atoms in total. The molecule has 28 heavy (non-hydrogen) atoms. The molecule has 1 heterocycles. The summed E-state index contributed by atoms with van der Waals surface area (Å²) in [6, 6.07) is 17.8. The Morgan fingerprint density at radius 1 is 0.821 bits per heavy atom. The Morgan fingerprint density at radius 3 is 2.25 bits per heavy atom. The van der Waals surface area contributed by atoms with Crippen LogP contribution in [0.3, 0.4) is 0 Å². The molecule has 0 spiro atoms. The van der Waals surface area contributed by atoms with Gasteiger partial charge in [0.1, 0.15) is 5.82 Å². The van der Waals surface area contributed by atoms with E-state index in [1.807, 2.05) is 48.5 Å². The third kappa shape index (κ3) is 4.94. The van der Waals surface area contributed by atoms with Gasteiger partial charge in [0.15, 0.2) is 0 Å². The van der Waals surface area contributed by atoms with Crippen LogP contribution in [-0.2, 0) is 0 Å². The molecular weight excluding hydrogens is 391 g/mol. The molecule has 2 N–H and O–H groups in total. The fraction of sp³-hybridized carbons (Fsp3) is 0.273. The van der Waals surface area contributed by atoms with Gasteiger partial charge in [-0.15, -0.1) is 0 Å². The van der Waals surface area contributed by atoms with Crippen molar-refractivity contribution in [2.45, 2.75) is 38.1 Å². The quantitative estimate of drug-likeness (QED) is 0.476. The number of aromatic nitrogens is 2. The number of rotatable bonds is 5. The summed E-state index contributed by atoms with van der Waals surface area (Å²) in [5.41, 5.74) is 2.70. The van der Waals surface area contributed by atoms with Gasteiger partial charge >= 0.3 is 0 Å². The lowest BCUT2D eigenvalue weighted by Crippen LogP contribution is -2.23. The molecule has 0 radical (unpaired) electrons. The number of benzene rings is 2. The summed E-state index contributed by atoms with van der Waals surface area (Å²) in [4.78, 5) is 9.45. The van der Waals surface area contributed by atoms with E-state index in [-0.39, 0.29) is 0 Å². The Balaban J connectivity index is 1.66. The molecule has 0 aliphatic heterocycles. The van der Waals surface area contributed by atoms with E-state index in [0.717, 1.165) is 29.8 Å². The number of anilines is 3. The highest BCUT2D eigenvalue weighted by Crippen LogP contribution is 2.28. The minimum Gasteiger partial charge on any atom is -0.351 e. The molecule has 0 bridgehead atoms. The second-order valence-corrected chi connectivity index (χ2v) is 7.96. The average molecular weight is 413 g/mol. The summed E-state index contributed by atoms with van der Waals surface area (Å²) in [5, 5.41) is 7.99. The summed E-state index contributed by atoms with van der Waals surface area (Å²) in [6.07, 6.45) is 6.13. The number of nitrogens with one attached hydrogen (secondary N) is 2. The Bertz CT molecular complexity index is 920. The molecule has 0 atom stereocenters. The van der Waals surface area contributed by atoms with E-state index in [0.29, 0.717) is 27.9 Å². The minimum atomic E-state index is 0.424. The zero-order valence-corrected chi connectivity index (χ0v) is 17.0. The first kappa shape index (κ1) is 19.0. The summed E-state index contributed by atoms with van der Waals surface area (Å²) >= 11 is 12.3. The molecule has 1 aromatic heterocycles. The van der Waals surface area contributed by atoms with Crippen LogP contribution in [-0.4, -0.2) is 16.0 Å². The number of hydrogen-bond acceptors (Lipinski definition) is 4. The molecule has 1 saturated carbocycles. The van der Waals surface area contributed by atoms with Gasteiger partial charge in [-0.05, 0) is 31.0 Å². The van der Waals surface area contributed by atoms with E-state index in [2.05, 4.69) is 15.6 Å². The van der Waals surface area contributed by atoms with Crippen molar-refractivity contribution in [2.75, 3.05) is 10.6 Å². The van der Waals surface area contributed by atoms with Gasteiger partial charge in [-0.3, -0.25) is 0 Å². The van der Waals surface area contributed by atoms with Crippen molar-refractivity contribution in [3.8, 4) is 11.3 Å². The maximum absolute atomic E-state index is 6.13. The third-order valence-corrected chi connectivity index (χ3v) is 5.31. The van der Waals surface area contributed by atoms with Crippen LogP contribution >= 0.6 is 23.2 Å². The van der Waals surface area contributed by atoms with Crippen LogP contribution in [0.4, 0.5) is 17.5 Å². The fourth-order valence-corrected chi connectivity index (χ4v) is 4.06. The summed E-state index contributed by atoms with van der Waals surface area (Å²) in [5.74, 6) is 1.34. The van der Waals surface area contributed by atoms with Crippen LogP contribution in [0.1, 0.15) is 32.1 Å². The summed E-state index contributed by atoms with van der Waals surface area (Å²) in [6.45, 7) is 0. The first-order valence-electron chi connectivity index (χ1n) is 9.60. The molecule has 2 aromatic carbocycles. The highest BCUT2D eigenvalue weighted by molar-refractivity contribution is 6.35. The van der Waals surface area contributed by atoms with E-state index in [1.165, 1.54) is 19.3 Å². The molecule has 1 fully saturated rings. The first-order chi connectivity index (χ1) is 13.7. The van der Waals surface area contributed by atoms with Crippen molar-refractivity contribution in [3.63, 3.8) is 0 Å². The van der Waals surface area contributed by atoms with Crippen molar-refractivity contribution < 1.29 is 0 Å². The van der Waals surface area contributed by atoms with E-state index < -0.39 is 0 Å².